The van der Waals surface area contributed by atoms with Crippen molar-refractivity contribution in [3.63, 3.8) is 0 Å². The fourth-order valence-electron chi connectivity index (χ4n) is 1.30. The normalized spacial score (nSPS) is 10.1. The quantitative estimate of drug-likeness (QED) is 0.834. The largest absolute Gasteiger partial charge is 0.417 e. The summed E-state index contributed by atoms with van der Waals surface area (Å²) in [4.78, 5) is 11.6. The molecule has 1 N–H and O–H groups in total. The molecule has 0 aliphatic heterocycles. The maximum atomic E-state index is 11.6. The highest BCUT2D eigenvalue weighted by Gasteiger charge is 2.12. The van der Waals surface area contributed by atoms with E-state index in [1.165, 1.54) is 0 Å². The number of carbonyl (C=O) groups is 1. The number of anilines is 1. The average molecular weight is 217 g/mol. The van der Waals surface area contributed by atoms with Gasteiger partial charge in [-0.05, 0) is 24.6 Å². The highest BCUT2D eigenvalue weighted by Crippen LogP contribution is 2.10. The van der Waals surface area contributed by atoms with E-state index in [-0.39, 0.29) is 5.89 Å². The van der Waals surface area contributed by atoms with Crippen LogP contribution in [0.3, 0.4) is 0 Å². The Hall–Kier alpha value is -2.17. The van der Waals surface area contributed by atoms with Gasteiger partial charge in [-0.1, -0.05) is 12.1 Å². The lowest BCUT2D eigenvalue weighted by molar-refractivity contribution is 0.0989. The Labute approximate surface area is 92.5 Å². The first-order valence-electron chi connectivity index (χ1n) is 4.83. The summed E-state index contributed by atoms with van der Waals surface area (Å²) in [5.41, 5.74) is 1.78. The predicted molar refractivity (Wildman–Crippen MR) is 58.2 cm³/mol. The maximum absolute atomic E-state index is 11.6. The number of nitrogens with zero attached hydrogens (tertiary/aromatic N) is 2. The van der Waals surface area contributed by atoms with Crippen molar-refractivity contribution >= 4 is 11.6 Å². The molecule has 1 aromatic heterocycles. The summed E-state index contributed by atoms with van der Waals surface area (Å²) < 4.78 is 5.01. The average Bonchev–Trinajstić information content (AvgIpc) is 2.65. The minimum absolute atomic E-state index is 0.0287. The Morgan fingerprint density at radius 2 is 2.12 bits per heavy atom. The fourth-order valence-corrected chi connectivity index (χ4v) is 1.30. The summed E-state index contributed by atoms with van der Waals surface area (Å²) in [6.07, 6.45) is 0. The number of hydrogen-bond acceptors (Lipinski definition) is 4. The molecule has 0 bridgehead atoms. The molecule has 0 aliphatic rings. The molecule has 0 aliphatic carbocycles. The molecule has 0 spiro atoms. The molecule has 0 radical (unpaired) electrons. The van der Waals surface area contributed by atoms with Gasteiger partial charge < -0.3 is 9.73 Å². The summed E-state index contributed by atoms with van der Waals surface area (Å²) in [5, 5.41) is 9.90. The highest BCUT2D eigenvalue weighted by molar-refractivity contribution is 6.00. The molecule has 1 aromatic carbocycles. The van der Waals surface area contributed by atoms with Crippen molar-refractivity contribution < 1.29 is 9.21 Å². The number of benzene rings is 1. The number of nitrogens with one attached hydrogen (secondary N) is 1. The van der Waals surface area contributed by atoms with Crippen molar-refractivity contribution in [1.29, 1.82) is 0 Å². The Kier molecular flexibility index (Phi) is 2.68. The van der Waals surface area contributed by atoms with E-state index in [0.29, 0.717) is 11.6 Å². The summed E-state index contributed by atoms with van der Waals surface area (Å²) in [6.45, 7) is 3.59. The molecule has 0 atom stereocenters. The van der Waals surface area contributed by atoms with Gasteiger partial charge in [-0.15, -0.1) is 10.2 Å². The predicted octanol–water partition coefficient (Wildman–Crippen LogP) is 1.94. The molecular formula is C11H11N3O2. The van der Waals surface area contributed by atoms with Crippen molar-refractivity contribution in [2.24, 2.45) is 0 Å². The first kappa shape index (κ1) is 10.4. The van der Waals surface area contributed by atoms with Gasteiger partial charge >= 0.3 is 11.8 Å². The van der Waals surface area contributed by atoms with E-state index in [0.717, 1.165) is 5.56 Å². The van der Waals surface area contributed by atoms with Gasteiger partial charge in [0.25, 0.3) is 0 Å². The van der Waals surface area contributed by atoms with E-state index in [2.05, 4.69) is 15.5 Å². The van der Waals surface area contributed by atoms with Gasteiger partial charge in [0.1, 0.15) is 0 Å². The van der Waals surface area contributed by atoms with Crippen molar-refractivity contribution in [3.05, 3.63) is 41.6 Å². The minimum Gasteiger partial charge on any atom is -0.417 e. The lowest BCUT2D eigenvalue weighted by atomic mass is 10.2. The van der Waals surface area contributed by atoms with Gasteiger partial charge in [0.2, 0.25) is 5.89 Å². The number of rotatable bonds is 2. The van der Waals surface area contributed by atoms with Crippen LogP contribution in [0.25, 0.3) is 0 Å². The van der Waals surface area contributed by atoms with E-state index in [1.54, 1.807) is 13.0 Å². The van der Waals surface area contributed by atoms with Crippen LogP contribution in [0, 0.1) is 13.8 Å². The van der Waals surface area contributed by atoms with Crippen LogP contribution in [-0.2, 0) is 0 Å². The number of hydrogen-bond donors (Lipinski definition) is 1. The molecule has 0 fully saturated rings. The van der Waals surface area contributed by atoms with Crippen LogP contribution in [0.5, 0.6) is 0 Å². The van der Waals surface area contributed by atoms with Gasteiger partial charge in [0.05, 0.1) is 0 Å². The summed E-state index contributed by atoms with van der Waals surface area (Å²) in [7, 11) is 0. The Morgan fingerprint density at radius 3 is 2.75 bits per heavy atom. The van der Waals surface area contributed by atoms with Gasteiger partial charge in [-0.3, -0.25) is 4.79 Å². The standard InChI is InChI=1S/C11H11N3O2/c1-7-4-3-5-9(6-7)12-10(15)11-14-13-8(2)16-11/h3-6H,1-2H3,(H,12,15). The molecule has 2 rings (SSSR count). The van der Waals surface area contributed by atoms with E-state index in [4.69, 9.17) is 4.42 Å². The van der Waals surface area contributed by atoms with Gasteiger partial charge in [0.15, 0.2) is 0 Å². The molecule has 1 amide bonds. The Balaban J connectivity index is 2.13. The zero-order valence-corrected chi connectivity index (χ0v) is 9.02. The first-order chi connectivity index (χ1) is 7.65. The van der Waals surface area contributed by atoms with Crippen LogP contribution in [-0.4, -0.2) is 16.1 Å². The van der Waals surface area contributed by atoms with Crippen LogP contribution in [0.1, 0.15) is 22.1 Å². The number of amides is 1. The van der Waals surface area contributed by atoms with E-state index >= 15 is 0 Å². The van der Waals surface area contributed by atoms with Crippen molar-refractivity contribution in [3.8, 4) is 0 Å². The second-order valence-electron chi connectivity index (χ2n) is 3.45. The molecule has 16 heavy (non-hydrogen) atoms. The SMILES string of the molecule is Cc1cccc(NC(=O)c2nnc(C)o2)c1. The first-order valence-corrected chi connectivity index (χ1v) is 4.83. The Morgan fingerprint density at radius 1 is 1.31 bits per heavy atom. The van der Waals surface area contributed by atoms with E-state index in [1.807, 2.05) is 25.1 Å². The lowest BCUT2D eigenvalue weighted by Gasteiger charge is -2.02. The van der Waals surface area contributed by atoms with Crippen LogP contribution < -0.4 is 5.32 Å². The monoisotopic (exact) mass is 217 g/mol. The van der Waals surface area contributed by atoms with Crippen LogP contribution in [0.2, 0.25) is 0 Å². The molecular weight excluding hydrogens is 206 g/mol. The molecule has 5 heteroatoms. The smallest absolute Gasteiger partial charge is 0.313 e. The van der Waals surface area contributed by atoms with Crippen LogP contribution >= 0.6 is 0 Å². The molecule has 5 nitrogen and oxygen atoms in total. The van der Waals surface area contributed by atoms with E-state index in [9.17, 15) is 4.79 Å². The lowest BCUT2D eigenvalue weighted by Crippen LogP contribution is -2.12. The molecule has 1 heterocycles. The molecule has 82 valence electrons. The highest BCUT2D eigenvalue weighted by atomic mass is 16.4. The van der Waals surface area contributed by atoms with Crippen LogP contribution in [0.4, 0.5) is 5.69 Å². The zero-order valence-electron chi connectivity index (χ0n) is 9.02. The van der Waals surface area contributed by atoms with Crippen molar-refractivity contribution in [1.82, 2.24) is 10.2 Å². The van der Waals surface area contributed by atoms with Gasteiger partial charge in [0, 0.05) is 12.6 Å². The maximum Gasteiger partial charge on any atom is 0.313 e. The van der Waals surface area contributed by atoms with Crippen molar-refractivity contribution in [2.75, 3.05) is 5.32 Å². The topological polar surface area (TPSA) is 68.0 Å². The number of carbonyl (C=O) groups excluding carboxylic acids is 1. The summed E-state index contributed by atoms with van der Waals surface area (Å²) in [5.74, 6) is -0.0559. The summed E-state index contributed by atoms with van der Waals surface area (Å²) in [6, 6.07) is 7.48. The third-order valence-corrected chi connectivity index (χ3v) is 2.00. The fraction of sp³-hybridized carbons (Fsp3) is 0.182. The van der Waals surface area contributed by atoms with Gasteiger partial charge in [-0.2, -0.15) is 0 Å². The second kappa shape index (κ2) is 4.14. The number of aromatic nitrogens is 2. The molecule has 2 aromatic rings. The molecule has 0 saturated heterocycles. The van der Waals surface area contributed by atoms with E-state index < -0.39 is 5.91 Å². The Bertz CT molecular complexity index is 519. The second-order valence-corrected chi connectivity index (χ2v) is 3.45. The third-order valence-electron chi connectivity index (χ3n) is 2.00. The zero-order chi connectivity index (χ0) is 11.5. The summed E-state index contributed by atoms with van der Waals surface area (Å²) >= 11 is 0. The number of aryl methyl sites for hydroxylation is 2. The van der Waals surface area contributed by atoms with Gasteiger partial charge in [-0.25, -0.2) is 0 Å². The molecule has 0 saturated carbocycles. The third kappa shape index (κ3) is 2.25. The van der Waals surface area contributed by atoms with Crippen molar-refractivity contribution in [2.45, 2.75) is 13.8 Å². The van der Waals surface area contributed by atoms with Crippen LogP contribution in [0.15, 0.2) is 28.7 Å². The minimum atomic E-state index is -0.397. The molecule has 0 unspecified atom stereocenters.